The van der Waals surface area contributed by atoms with Gasteiger partial charge in [-0.3, -0.25) is 0 Å². The van der Waals surface area contributed by atoms with Gasteiger partial charge in [-0.25, -0.2) is 0 Å². The van der Waals surface area contributed by atoms with Gasteiger partial charge in [-0.15, -0.1) is 0 Å². The number of ether oxygens (including phenoxy) is 2. The average Bonchev–Trinajstić information content (AvgIpc) is 3.13. The Morgan fingerprint density at radius 2 is 1.75 bits per heavy atom. The minimum Gasteiger partial charge on any atom is -0.489 e. The molecule has 0 bridgehead atoms. The maximum atomic E-state index is 6.49. The van der Waals surface area contributed by atoms with E-state index in [9.17, 15) is 0 Å². The van der Waals surface area contributed by atoms with E-state index in [0.29, 0.717) is 11.8 Å². The van der Waals surface area contributed by atoms with Crippen LogP contribution >= 0.6 is 0 Å². The predicted molar refractivity (Wildman–Crippen MR) is 77.8 cm³/mol. The van der Waals surface area contributed by atoms with Crippen LogP contribution in [0.5, 0.6) is 11.5 Å². The maximum Gasteiger partial charge on any atom is 0.161 e. The minimum absolute atomic E-state index is 0.150. The molecule has 0 aromatic heterocycles. The topological polar surface area (TPSA) is 44.5 Å². The molecule has 1 heterocycles. The van der Waals surface area contributed by atoms with Crippen LogP contribution in [0.15, 0.2) is 18.2 Å². The smallest absolute Gasteiger partial charge is 0.161 e. The van der Waals surface area contributed by atoms with E-state index in [1.807, 2.05) is 6.07 Å². The summed E-state index contributed by atoms with van der Waals surface area (Å²) in [5.41, 5.74) is 7.69. The van der Waals surface area contributed by atoms with Crippen molar-refractivity contribution in [3.8, 4) is 11.5 Å². The molecule has 20 heavy (non-hydrogen) atoms. The van der Waals surface area contributed by atoms with Crippen LogP contribution in [0, 0.1) is 23.7 Å². The maximum absolute atomic E-state index is 6.49. The van der Waals surface area contributed by atoms with Gasteiger partial charge >= 0.3 is 0 Å². The molecule has 2 saturated carbocycles. The third-order valence-corrected chi connectivity index (χ3v) is 5.19. The van der Waals surface area contributed by atoms with Gasteiger partial charge < -0.3 is 15.2 Å². The summed E-state index contributed by atoms with van der Waals surface area (Å²) in [5.74, 6) is 4.77. The summed E-state index contributed by atoms with van der Waals surface area (Å²) in [6.45, 7) is 3.59. The van der Waals surface area contributed by atoms with E-state index in [1.165, 1.54) is 24.8 Å². The molecule has 1 aromatic rings. The highest BCUT2D eigenvalue weighted by Gasteiger charge is 2.47. The number of rotatable bonds is 2. The summed E-state index contributed by atoms with van der Waals surface area (Å²) < 4.78 is 11.6. The summed E-state index contributed by atoms with van der Waals surface area (Å²) in [6, 6.07) is 6.39. The molecule has 0 amide bonds. The summed E-state index contributed by atoms with van der Waals surface area (Å²) >= 11 is 0. The fraction of sp³-hybridized carbons (Fsp3) is 0.647. The molecule has 4 rings (SSSR count). The lowest BCUT2D eigenvalue weighted by Crippen LogP contribution is -2.20. The van der Waals surface area contributed by atoms with Crippen molar-refractivity contribution in [2.45, 2.75) is 32.2 Å². The van der Waals surface area contributed by atoms with Crippen LogP contribution in [0.1, 0.15) is 37.8 Å². The van der Waals surface area contributed by atoms with Gasteiger partial charge in [-0.1, -0.05) is 13.0 Å². The first-order valence-corrected chi connectivity index (χ1v) is 7.86. The van der Waals surface area contributed by atoms with Crippen molar-refractivity contribution >= 4 is 0 Å². The largest absolute Gasteiger partial charge is 0.489 e. The minimum atomic E-state index is 0.150. The first-order chi connectivity index (χ1) is 9.70. The molecule has 3 nitrogen and oxygen atoms in total. The third kappa shape index (κ3) is 2.18. The quantitative estimate of drug-likeness (QED) is 0.900. The zero-order chi connectivity index (χ0) is 13.7. The van der Waals surface area contributed by atoms with Gasteiger partial charge in [-0.05, 0) is 54.7 Å². The average molecular weight is 273 g/mol. The lowest BCUT2D eigenvalue weighted by atomic mass is 9.90. The van der Waals surface area contributed by atoms with Gasteiger partial charge in [0, 0.05) is 12.0 Å². The highest BCUT2D eigenvalue weighted by Crippen LogP contribution is 2.56. The van der Waals surface area contributed by atoms with Crippen molar-refractivity contribution in [1.82, 2.24) is 0 Å². The Hall–Kier alpha value is -1.22. The molecule has 3 heteroatoms. The van der Waals surface area contributed by atoms with Crippen molar-refractivity contribution in [1.29, 1.82) is 0 Å². The second-order valence-corrected chi connectivity index (χ2v) is 6.95. The van der Waals surface area contributed by atoms with Crippen molar-refractivity contribution in [3.05, 3.63) is 23.8 Å². The molecule has 0 spiro atoms. The molecular formula is C17H23NO2. The summed E-state index contributed by atoms with van der Waals surface area (Å²) in [7, 11) is 0. The molecule has 0 radical (unpaired) electrons. The first kappa shape index (κ1) is 12.5. The Labute approximate surface area is 120 Å². The van der Waals surface area contributed by atoms with Crippen LogP contribution in [-0.4, -0.2) is 13.2 Å². The van der Waals surface area contributed by atoms with Crippen molar-refractivity contribution in [2.24, 2.45) is 29.4 Å². The second-order valence-electron chi connectivity index (χ2n) is 6.95. The highest BCUT2D eigenvalue weighted by atomic mass is 16.5. The van der Waals surface area contributed by atoms with Gasteiger partial charge in [0.25, 0.3) is 0 Å². The number of benzene rings is 1. The number of hydrogen-bond donors (Lipinski definition) is 1. The normalized spacial score (nSPS) is 36.1. The Morgan fingerprint density at radius 3 is 2.50 bits per heavy atom. The van der Waals surface area contributed by atoms with Gasteiger partial charge in [0.1, 0.15) is 0 Å². The van der Waals surface area contributed by atoms with Crippen molar-refractivity contribution in [2.75, 3.05) is 13.2 Å². The monoisotopic (exact) mass is 273 g/mol. The van der Waals surface area contributed by atoms with E-state index in [0.717, 1.165) is 36.5 Å². The molecule has 1 aliphatic heterocycles. The summed E-state index contributed by atoms with van der Waals surface area (Å²) in [6.07, 6.45) is 4.08. The van der Waals surface area contributed by atoms with E-state index in [4.69, 9.17) is 15.2 Å². The molecule has 4 unspecified atom stereocenters. The van der Waals surface area contributed by atoms with Crippen LogP contribution < -0.4 is 15.2 Å². The van der Waals surface area contributed by atoms with Crippen LogP contribution in [0.4, 0.5) is 0 Å². The standard InChI is InChI=1S/C17H23NO2/c1-10-8-19-15-3-2-11(7-16(15)20-9-10)17(18)14-5-12-4-13(12)6-14/h2-3,7,10,12-14,17H,4-6,8-9,18H2,1H3. The summed E-state index contributed by atoms with van der Waals surface area (Å²) in [4.78, 5) is 0. The fourth-order valence-electron chi connectivity index (χ4n) is 3.80. The highest BCUT2D eigenvalue weighted by molar-refractivity contribution is 5.44. The Kier molecular flexibility index (Phi) is 2.92. The van der Waals surface area contributed by atoms with Gasteiger partial charge in [0.15, 0.2) is 11.5 Å². The Balaban J connectivity index is 1.54. The van der Waals surface area contributed by atoms with Crippen LogP contribution in [0.2, 0.25) is 0 Å². The Morgan fingerprint density at radius 1 is 1.05 bits per heavy atom. The fourth-order valence-corrected chi connectivity index (χ4v) is 3.80. The third-order valence-electron chi connectivity index (χ3n) is 5.19. The lowest BCUT2D eigenvalue weighted by molar-refractivity contribution is 0.228. The molecule has 2 N–H and O–H groups in total. The first-order valence-electron chi connectivity index (χ1n) is 7.86. The number of fused-ring (bicyclic) bond motifs is 2. The predicted octanol–water partition coefficient (Wildman–Crippen LogP) is 3.14. The van der Waals surface area contributed by atoms with Crippen molar-refractivity contribution < 1.29 is 9.47 Å². The molecule has 2 fully saturated rings. The molecule has 1 aromatic carbocycles. The van der Waals surface area contributed by atoms with Gasteiger partial charge in [0.05, 0.1) is 13.2 Å². The summed E-state index contributed by atoms with van der Waals surface area (Å²) in [5, 5.41) is 0. The number of nitrogens with two attached hydrogens (primary N) is 1. The van der Waals surface area contributed by atoms with Gasteiger partial charge in [-0.2, -0.15) is 0 Å². The van der Waals surface area contributed by atoms with E-state index >= 15 is 0 Å². The lowest BCUT2D eigenvalue weighted by Gasteiger charge is -2.22. The van der Waals surface area contributed by atoms with E-state index in [2.05, 4.69) is 19.1 Å². The van der Waals surface area contributed by atoms with E-state index in [-0.39, 0.29) is 6.04 Å². The molecule has 108 valence electrons. The second kappa shape index (κ2) is 4.66. The van der Waals surface area contributed by atoms with Crippen molar-refractivity contribution in [3.63, 3.8) is 0 Å². The molecule has 3 aliphatic rings. The molecule has 2 aliphatic carbocycles. The zero-order valence-corrected chi connectivity index (χ0v) is 12.0. The van der Waals surface area contributed by atoms with E-state index < -0.39 is 0 Å². The zero-order valence-electron chi connectivity index (χ0n) is 12.0. The number of hydrogen-bond acceptors (Lipinski definition) is 3. The van der Waals surface area contributed by atoms with Crippen LogP contribution in [0.3, 0.4) is 0 Å². The molecule has 4 atom stereocenters. The molecule has 0 saturated heterocycles. The van der Waals surface area contributed by atoms with Gasteiger partial charge in [0.2, 0.25) is 0 Å². The molecular weight excluding hydrogens is 250 g/mol. The van der Waals surface area contributed by atoms with E-state index in [1.54, 1.807) is 0 Å². The Bertz CT molecular complexity index is 506. The van der Waals surface area contributed by atoms with Crippen LogP contribution in [-0.2, 0) is 0 Å². The van der Waals surface area contributed by atoms with Crippen LogP contribution in [0.25, 0.3) is 0 Å². The SMILES string of the molecule is CC1COc2ccc(C(N)C3CC4CC4C3)cc2OC1.